The first kappa shape index (κ1) is 25.2. The first-order valence-electron chi connectivity index (χ1n) is 11.7. The van der Waals surface area contributed by atoms with Gasteiger partial charge in [0.25, 0.3) is 0 Å². The van der Waals surface area contributed by atoms with E-state index in [1.807, 2.05) is 38.1 Å². The molecule has 1 heterocycles. The van der Waals surface area contributed by atoms with Crippen LogP contribution in [0.2, 0.25) is 0 Å². The molecule has 2 aromatic carbocycles. The van der Waals surface area contributed by atoms with Crippen LogP contribution in [0.25, 0.3) is 27.7 Å². The van der Waals surface area contributed by atoms with Crippen LogP contribution in [0.1, 0.15) is 50.7 Å². The number of carbonyl (C=O) groups excluding carboxylic acids is 1. The fourth-order valence-corrected chi connectivity index (χ4v) is 4.19. The minimum absolute atomic E-state index is 0.101. The molecule has 0 fully saturated rings. The van der Waals surface area contributed by atoms with Crippen molar-refractivity contribution in [2.24, 2.45) is 0 Å². The van der Waals surface area contributed by atoms with E-state index < -0.39 is 0 Å². The highest BCUT2D eigenvalue weighted by Crippen LogP contribution is 2.43. The Morgan fingerprint density at radius 2 is 1.82 bits per heavy atom. The van der Waals surface area contributed by atoms with Crippen LogP contribution in [0.4, 0.5) is 0 Å². The molecule has 0 unspecified atom stereocenters. The molecule has 0 radical (unpaired) electrons. The van der Waals surface area contributed by atoms with Gasteiger partial charge in [-0.25, -0.2) is 0 Å². The van der Waals surface area contributed by atoms with Gasteiger partial charge in [0, 0.05) is 40.3 Å². The summed E-state index contributed by atoms with van der Waals surface area (Å²) in [5, 5.41) is 3.90. The van der Waals surface area contributed by atoms with Gasteiger partial charge in [-0.2, -0.15) is 0 Å². The van der Waals surface area contributed by atoms with E-state index in [2.05, 4.69) is 12.2 Å². The molecule has 0 atom stereocenters. The van der Waals surface area contributed by atoms with Crippen LogP contribution in [0.15, 0.2) is 41.0 Å². The first-order chi connectivity index (χ1) is 16.4. The van der Waals surface area contributed by atoms with Crippen LogP contribution in [-0.2, 0) is 4.79 Å². The lowest BCUT2D eigenvalue weighted by Gasteiger charge is -2.14. The van der Waals surface area contributed by atoms with Gasteiger partial charge in [0.05, 0.1) is 27.6 Å². The monoisotopic (exact) mass is 465 g/mol. The van der Waals surface area contributed by atoms with E-state index in [9.17, 15) is 4.79 Å². The lowest BCUT2D eigenvalue weighted by molar-refractivity contribution is -0.116. The Hall–Kier alpha value is -3.41. The molecule has 0 saturated carbocycles. The Morgan fingerprint density at radius 1 is 1.03 bits per heavy atom. The number of aryl methyl sites for hydroxylation is 1. The Morgan fingerprint density at radius 3 is 2.50 bits per heavy atom. The quantitative estimate of drug-likeness (QED) is 0.257. The standard InChI is InChI=1S/C28H35NO5/c1-7-8-9-10-13-29-26(30)14-18(2)21-16-23-24(17-34-28(23)19(3)27(21)33-6)22-15-20(31-4)11-12-25(22)32-5/h11-12,14-17H,7-10,13H2,1-6H3,(H,29,30)/b18-14+. The Bertz CT molecular complexity index is 1180. The summed E-state index contributed by atoms with van der Waals surface area (Å²) in [5.74, 6) is 2.03. The van der Waals surface area contributed by atoms with Gasteiger partial charge in [-0.3, -0.25) is 4.79 Å². The smallest absolute Gasteiger partial charge is 0.244 e. The molecule has 182 valence electrons. The van der Waals surface area contributed by atoms with Gasteiger partial charge in [-0.1, -0.05) is 26.2 Å². The van der Waals surface area contributed by atoms with Crippen molar-refractivity contribution in [1.29, 1.82) is 0 Å². The molecule has 0 saturated heterocycles. The molecule has 0 bridgehead atoms. The summed E-state index contributed by atoms with van der Waals surface area (Å²) in [6, 6.07) is 7.68. The molecule has 3 rings (SSSR count). The molecular formula is C28H35NO5. The summed E-state index contributed by atoms with van der Waals surface area (Å²) in [6.45, 7) is 6.74. The number of benzene rings is 2. The molecule has 0 aliphatic rings. The fraction of sp³-hybridized carbons (Fsp3) is 0.393. The second-order valence-corrected chi connectivity index (χ2v) is 8.35. The summed E-state index contributed by atoms with van der Waals surface area (Å²) in [6.07, 6.45) is 7.83. The van der Waals surface area contributed by atoms with Gasteiger partial charge >= 0.3 is 0 Å². The normalized spacial score (nSPS) is 11.5. The lowest BCUT2D eigenvalue weighted by Crippen LogP contribution is -2.22. The van der Waals surface area contributed by atoms with Gasteiger partial charge in [-0.05, 0) is 50.1 Å². The van der Waals surface area contributed by atoms with E-state index in [0.29, 0.717) is 18.0 Å². The number of hydrogen-bond donors (Lipinski definition) is 1. The number of ether oxygens (including phenoxy) is 3. The van der Waals surface area contributed by atoms with E-state index in [-0.39, 0.29) is 5.91 Å². The van der Waals surface area contributed by atoms with Crippen LogP contribution in [-0.4, -0.2) is 33.8 Å². The van der Waals surface area contributed by atoms with Crippen molar-refractivity contribution in [3.05, 3.63) is 47.7 Å². The van der Waals surface area contributed by atoms with Crippen molar-refractivity contribution in [2.45, 2.75) is 46.5 Å². The minimum atomic E-state index is -0.101. The topological polar surface area (TPSA) is 69.9 Å². The Balaban J connectivity index is 2.03. The molecule has 34 heavy (non-hydrogen) atoms. The molecular weight excluding hydrogens is 430 g/mol. The third-order valence-electron chi connectivity index (χ3n) is 6.05. The lowest BCUT2D eigenvalue weighted by atomic mass is 9.96. The summed E-state index contributed by atoms with van der Waals surface area (Å²) in [4.78, 5) is 12.5. The summed E-state index contributed by atoms with van der Waals surface area (Å²) in [7, 11) is 4.91. The summed E-state index contributed by atoms with van der Waals surface area (Å²) < 4.78 is 22.7. The highest BCUT2D eigenvalue weighted by atomic mass is 16.5. The van der Waals surface area contributed by atoms with Crippen molar-refractivity contribution in [1.82, 2.24) is 5.32 Å². The van der Waals surface area contributed by atoms with E-state index in [4.69, 9.17) is 18.6 Å². The minimum Gasteiger partial charge on any atom is -0.497 e. The first-order valence-corrected chi connectivity index (χ1v) is 11.7. The highest BCUT2D eigenvalue weighted by Gasteiger charge is 2.20. The number of rotatable bonds is 11. The molecule has 1 aromatic heterocycles. The van der Waals surface area contributed by atoms with Gasteiger partial charge in [0.2, 0.25) is 5.91 Å². The number of hydrogen-bond acceptors (Lipinski definition) is 5. The molecule has 0 aliphatic carbocycles. The van der Waals surface area contributed by atoms with Crippen molar-refractivity contribution < 1.29 is 23.4 Å². The highest BCUT2D eigenvalue weighted by molar-refractivity contribution is 6.02. The zero-order valence-electron chi connectivity index (χ0n) is 21.0. The third kappa shape index (κ3) is 5.38. The summed E-state index contributed by atoms with van der Waals surface area (Å²) >= 11 is 0. The van der Waals surface area contributed by atoms with Crippen LogP contribution < -0.4 is 19.5 Å². The van der Waals surface area contributed by atoms with Gasteiger partial charge in [0.1, 0.15) is 22.8 Å². The maximum atomic E-state index is 12.5. The fourth-order valence-electron chi connectivity index (χ4n) is 4.19. The van der Waals surface area contributed by atoms with Crippen LogP contribution in [0, 0.1) is 6.92 Å². The van der Waals surface area contributed by atoms with E-state index in [0.717, 1.165) is 57.4 Å². The Kier molecular flexibility index (Phi) is 8.63. The van der Waals surface area contributed by atoms with E-state index in [1.165, 1.54) is 12.8 Å². The maximum absolute atomic E-state index is 12.5. The number of fused-ring (bicyclic) bond motifs is 1. The van der Waals surface area contributed by atoms with Gasteiger partial charge < -0.3 is 23.9 Å². The average molecular weight is 466 g/mol. The van der Waals surface area contributed by atoms with E-state index >= 15 is 0 Å². The molecule has 0 aliphatic heterocycles. The van der Waals surface area contributed by atoms with Crippen LogP contribution in [0.5, 0.6) is 17.2 Å². The molecule has 0 spiro atoms. The Labute approximate surface area is 201 Å². The number of amides is 1. The molecule has 3 aromatic rings. The SMILES string of the molecule is CCCCCCNC(=O)/C=C(\C)c1cc2c(-c3cc(OC)ccc3OC)coc2c(C)c1OC. The number of unbranched alkanes of at least 4 members (excludes halogenated alkanes) is 3. The van der Waals surface area contributed by atoms with Gasteiger partial charge in [-0.15, -0.1) is 0 Å². The largest absolute Gasteiger partial charge is 0.497 e. The van der Waals surface area contributed by atoms with Crippen molar-refractivity contribution in [2.75, 3.05) is 27.9 Å². The van der Waals surface area contributed by atoms with Gasteiger partial charge in [0.15, 0.2) is 0 Å². The number of carbonyl (C=O) groups is 1. The van der Waals surface area contributed by atoms with Crippen LogP contribution >= 0.6 is 0 Å². The maximum Gasteiger partial charge on any atom is 0.244 e. The molecule has 6 heteroatoms. The van der Waals surface area contributed by atoms with Crippen LogP contribution in [0.3, 0.4) is 0 Å². The second-order valence-electron chi connectivity index (χ2n) is 8.35. The average Bonchev–Trinajstić information content (AvgIpc) is 3.27. The zero-order chi connectivity index (χ0) is 24.7. The number of nitrogens with one attached hydrogen (secondary N) is 1. The second kappa shape index (κ2) is 11.6. The predicted molar refractivity (Wildman–Crippen MR) is 137 cm³/mol. The predicted octanol–water partition coefficient (Wildman–Crippen LogP) is 6.53. The zero-order valence-corrected chi connectivity index (χ0v) is 21.0. The molecule has 1 N–H and O–H groups in total. The molecule has 6 nitrogen and oxygen atoms in total. The number of furan rings is 1. The number of methoxy groups -OCH3 is 3. The summed E-state index contributed by atoms with van der Waals surface area (Å²) in [5.41, 5.74) is 5.01. The number of allylic oxidation sites excluding steroid dienone is 1. The van der Waals surface area contributed by atoms with Crippen molar-refractivity contribution in [3.8, 4) is 28.4 Å². The van der Waals surface area contributed by atoms with Crippen molar-refractivity contribution >= 4 is 22.4 Å². The van der Waals surface area contributed by atoms with Crippen molar-refractivity contribution in [3.63, 3.8) is 0 Å². The van der Waals surface area contributed by atoms with E-state index in [1.54, 1.807) is 33.7 Å². The molecule has 1 amide bonds. The third-order valence-corrected chi connectivity index (χ3v) is 6.05.